The maximum Gasteiger partial charge on any atom is 0.326 e. The minimum Gasteiger partial charge on any atom is -0.468 e. The zero-order chi connectivity index (χ0) is 12.4. The molecule has 0 heterocycles. The van der Waals surface area contributed by atoms with Crippen LogP contribution >= 0.6 is 12.4 Å². The van der Waals surface area contributed by atoms with Gasteiger partial charge in [0.05, 0.1) is 7.11 Å². The molecular weight excluding hydrogens is 238 g/mol. The summed E-state index contributed by atoms with van der Waals surface area (Å²) >= 11 is 0. The zero-order valence-electron chi connectivity index (χ0n) is 10.7. The van der Waals surface area contributed by atoms with Crippen molar-refractivity contribution in [3.05, 3.63) is 35.9 Å². The lowest BCUT2D eigenvalue weighted by atomic mass is 9.69. The SMILES string of the molecule is COC(=O)C(C)(N)C(C)(C)c1ccccc1.Cl. The molecule has 0 aliphatic rings. The summed E-state index contributed by atoms with van der Waals surface area (Å²) in [5.41, 5.74) is 5.59. The summed E-state index contributed by atoms with van der Waals surface area (Å²) in [6.45, 7) is 5.59. The van der Waals surface area contributed by atoms with E-state index in [-0.39, 0.29) is 12.4 Å². The van der Waals surface area contributed by atoms with Crippen LogP contribution in [0.1, 0.15) is 26.3 Å². The first-order chi connectivity index (χ1) is 7.34. The average Bonchev–Trinajstić information content (AvgIpc) is 2.28. The monoisotopic (exact) mass is 257 g/mol. The van der Waals surface area contributed by atoms with E-state index >= 15 is 0 Å². The van der Waals surface area contributed by atoms with Gasteiger partial charge in [-0.1, -0.05) is 44.2 Å². The summed E-state index contributed by atoms with van der Waals surface area (Å²) in [5, 5.41) is 0. The van der Waals surface area contributed by atoms with Crippen LogP contribution < -0.4 is 5.73 Å². The van der Waals surface area contributed by atoms with Gasteiger partial charge in [-0.05, 0) is 12.5 Å². The highest BCUT2D eigenvalue weighted by Crippen LogP contribution is 2.33. The van der Waals surface area contributed by atoms with E-state index in [1.165, 1.54) is 7.11 Å². The molecule has 3 nitrogen and oxygen atoms in total. The van der Waals surface area contributed by atoms with Crippen LogP contribution in [0, 0.1) is 0 Å². The van der Waals surface area contributed by atoms with Gasteiger partial charge in [-0.3, -0.25) is 4.79 Å². The number of ether oxygens (including phenoxy) is 1. The highest BCUT2D eigenvalue weighted by Gasteiger charge is 2.45. The van der Waals surface area contributed by atoms with E-state index in [2.05, 4.69) is 0 Å². The van der Waals surface area contributed by atoms with Crippen LogP contribution in [0.25, 0.3) is 0 Å². The second-order valence-corrected chi connectivity index (χ2v) is 4.68. The quantitative estimate of drug-likeness (QED) is 0.846. The van der Waals surface area contributed by atoms with Crippen molar-refractivity contribution in [2.45, 2.75) is 31.7 Å². The second kappa shape index (κ2) is 5.52. The Morgan fingerprint density at radius 1 is 1.18 bits per heavy atom. The first kappa shape index (κ1) is 15.9. The standard InChI is InChI=1S/C13H19NO2.ClH/c1-12(2,10-8-6-5-7-9-10)13(3,14)11(15)16-4;/h5-9H,14H2,1-4H3;1H. The first-order valence-corrected chi connectivity index (χ1v) is 5.27. The van der Waals surface area contributed by atoms with E-state index in [4.69, 9.17) is 10.5 Å². The van der Waals surface area contributed by atoms with Crippen LogP contribution in [-0.4, -0.2) is 18.6 Å². The summed E-state index contributed by atoms with van der Waals surface area (Å²) in [4.78, 5) is 11.7. The van der Waals surface area contributed by atoms with Crippen LogP contribution in [-0.2, 0) is 14.9 Å². The predicted molar refractivity (Wildman–Crippen MR) is 71.3 cm³/mol. The van der Waals surface area contributed by atoms with Crippen LogP contribution in [0.2, 0.25) is 0 Å². The fraction of sp³-hybridized carbons (Fsp3) is 0.462. The van der Waals surface area contributed by atoms with Gasteiger partial charge in [-0.15, -0.1) is 12.4 Å². The first-order valence-electron chi connectivity index (χ1n) is 5.27. The number of benzene rings is 1. The van der Waals surface area contributed by atoms with Gasteiger partial charge in [0.15, 0.2) is 0 Å². The Kier molecular flexibility index (Phi) is 5.17. The van der Waals surface area contributed by atoms with Crippen LogP contribution in [0.5, 0.6) is 0 Å². The summed E-state index contributed by atoms with van der Waals surface area (Å²) in [6, 6.07) is 9.74. The van der Waals surface area contributed by atoms with Gasteiger partial charge in [-0.25, -0.2) is 0 Å². The molecule has 0 aliphatic heterocycles. The summed E-state index contributed by atoms with van der Waals surface area (Å²) < 4.78 is 4.76. The van der Waals surface area contributed by atoms with Gasteiger partial charge >= 0.3 is 5.97 Å². The molecule has 2 N–H and O–H groups in total. The number of esters is 1. The molecule has 0 radical (unpaired) electrons. The van der Waals surface area contributed by atoms with E-state index in [1.807, 2.05) is 44.2 Å². The fourth-order valence-corrected chi connectivity index (χ4v) is 1.62. The van der Waals surface area contributed by atoms with Gasteiger partial charge in [0.1, 0.15) is 5.54 Å². The van der Waals surface area contributed by atoms with E-state index in [0.29, 0.717) is 0 Å². The molecule has 1 aromatic rings. The highest BCUT2D eigenvalue weighted by molar-refractivity contribution is 5.85. The van der Waals surface area contributed by atoms with E-state index in [9.17, 15) is 4.79 Å². The second-order valence-electron chi connectivity index (χ2n) is 4.68. The van der Waals surface area contributed by atoms with E-state index in [0.717, 1.165) is 5.56 Å². The highest BCUT2D eigenvalue weighted by atomic mass is 35.5. The molecular formula is C13H20ClNO2. The molecule has 0 saturated carbocycles. The third-order valence-electron chi connectivity index (χ3n) is 3.40. The minimum atomic E-state index is -1.05. The topological polar surface area (TPSA) is 52.3 Å². The number of nitrogens with two attached hydrogens (primary N) is 1. The molecule has 1 atom stereocenters. The van der Waals surface area contributed by atoms with Crippen LogP contribution in [0.4, 0.5) is 0 Å². The third kappa shape index (κ3) is 2.79. The number of hydrogen-bond acceptors (Lipinski definition) is 3. The predicted octanol–water partition coefficient (Wildman–Crippen LogP) is 2.28. The number of carbonyl (C=O) groups is 1. The number of methoxy groups -OCH3 is 1. The Morgan fingerprint density at radius 3 is 2.06 bits per heavy atom. The molecule has 17 heavy (non-hydrogen) atoms. The zero-order valence-corrected chi connectivity index (χ0v) is 11.5. The fourth-order valence-electron chi connectivity index (χ4n) is 1.62. The maximum absolute atomic E-state index is 11.7. The van der Waals surface area contributed by atoms with Crippen molar-refractivity contribution in [1.82, 2.24) is 0 Å². The molecule has 1 aromatic carbocycles. The lowest BCUT2D eigenvalue weighted by molar-refractivity contribution is -0.148. The van der Waals surface area contributed by atoms with Gasteiger partial charge in [0.25, 0.3) is 0 Å². The van der Waals surface area contributed by atoms with Crippen molar-refractivity contribution < 1.29 is 9.53 Å². The van der Waals surface area contributed by atoms with E-state index < -0.39 is 16.9 Å². The third-order valence-corrected chi connectivity index (χ3v) is 3.40. The number of hydrogen-bond donors (Lipinski definition) is 1. The summed E-state index contributed by atoms with van der Waals surface area (Å²) in [5.74, 6) is -0.402. The smallest absolute Gasteiger partial charge is 0.326 e. The largest absolute Gasteiger partial charge is 0.468 e. The molecule has 0 aliphatic carbocycles. The number of rotatable bonds is 3. The number of carbonyl (C=O) groups excluding carboxylic acids is 1. The van der Waals surface area contributed by atoms with Crippen molar-refractivity contribution in [3.63, 3.8) is 0 Å². The molecule has 1 unspecified atom stereocenters. The van der Waals surface area contributed by atoms with Crippen molar-refractivity contribution in [1.29, 1.82) is 0 Å². The molecule has 0 spiro atoms. The van der Waals surface area contributed by atoms with Gasteiger partial charge in [0.2, 0.25) is 0 Å². The molecule has 96 valence electrons. The Bertz CT molecular complexity index is 374. The Morgan fingerprint density at radius 2 is 1.65 bits per heavy atom. The van der Waals surface area contributed by atoms with Gasteiger partial charge in [-0.2, -0.15) is 0 Å². The Labute approximate surface area is 109 Å². The van der Waals surface area contributed by atoms with Crippen molar-refractivity contribution in [2.24, 2.45) is 5.73 Å². The lowest BCUT2D eigenvalue weighted by Crippen LogP contribution is -2.59. The molecule has 0 fully saturated rings. The minimum absolute atomic E-state index is 0. The van der Waals surface area contributed by atoms with Crippen molar-refractivity contribution >= 4 is 18.4 Å². The van der Waals surface area contributed by atoms with Crippen molar-refractivity contribution in [3.8, 4) is 0 Å². The molecule has 0 aromatic heterocycles. The Balaban J connectivity index is 0.00000256. The van der Waals surface area contributed by atoms with Gasteiger partial charge < -0.3 is 10.5 Å². The van der Waals surface area contributed by atoms with Gasteiger partial charge in [0, 0.05) is 5.41 Å². The maximum atomic E-state index is 11.7. The van der Waals surface area contributed by atoms with Crippen molar-refractivity contribution in [2.75, 3.05) is 7.11 Å². The molecule has 4 heteroatoms. The average molecular weight is 258 g/mol. The molecule has 0 saturated heterocycles. The van der Waals surface area contributed by atoms with Crippen LogP contribution in [0.3, 0.4) is 0 Å². The normalized spacial score (nSPS) is 14.4. The Hall–Kier alpha value is -1.06. The number of halogens is 1. The van der Waals surface area contributed by atoms with Crippen LogP contribution in [0.15, 0.2) is 30.3 Å². The molecule has 1 rings (SSSR count). The lowest BCUT2D eigenvalue weighted by Gasteiger charge is -2.39. The van der Waals surface area contributed by atoms with E-state index in [1.54, 1.807) is 6.92 Å². The molecule has 0 amide bonds. The summed E-state index contributed by atoms with van der Waals surface area (Å²) in [7, 11) is 1.36. The molecule has 0 bridgehead atoms. The summed E-state index contributed by atoms with van der Waals surface area (Å²) in [6.07, 6.45) is 0.